The maximum atomic E-state index is 13.7. The first-order chi connectivity index (χ1) is 12.0. The van der Waals surface area contributed by atoms with Crippen molar-refractivity contribution in [3.63, 3.8) is 0 Å². The number of hydrogen-bond acceptors (Lipinski definition) is 3. The number of hydrogen-bond donors (Lipinski definition) is 1. The lowest BCUT2D eigenvalue weighted by Gasteiger charge is -2.16. The summed E-state index contributed by atoms with van der Waals surface area (Å²) in [5.74, 6) is 1.40. The van der Waals surface area contributed by atoms with Crippen molar-refractivity contribution >= 4 is 11.6 Å². The Bertz CT molecular complexity index is 691. The summed E-state index contributed by atoms with van der Waals surface area (Å²) in [7, 11) is 0. The number of nitrogens with one attached hydrogen (secondary N) is 1. The van der Waals surface area contributed by atoms with Gasteiger partial charge in [0, 0.05) is 23.2 Å². The van der Waals surface area contributed by atoms with E-state index in [2.05, 4.69) is 19.2 Å². The number of halogens is 2. The molecule has 1 N–H and O–H groups in total. The van der Waals surface area contributed by atoms with Crippen molar-refractivity contribution < 1.29 is 13.9 Å². The Morgan fingerprint density at radius 3 is 2.48 bits per heavy atom. The van der Waals surface area contributed by atoms with Gasteiger partial charge in [-0.25, -0.2) is 4.39 Å². The molecular weight excluding hydrogens is 341 g/mol. The van der Waals surface area contributed by atoms with Gasteiger partial charge in [0.25, 0.3) is 0 Å². The highest BCUT2D eigenvalue weighted by molar-refractivity contribution is 6.31. The molecule has 2 aromatic carbocycles. The Hall–Kier alpha value is -1.78. The lowest BCUT2D eigenvalue weighted by Crippen LogP contribution is -2.19. The Balaban J connectivity index is 2.13. The molecule has 0 amide bonds. The summed E-state index contributed by atoms with van der Waals surface area (Å²) in [4.78, 5) is 0. The lowest BCUT2D eigenvalue weighted by molar-refractivity contribution is 0.265. The second-order valence-electron chi connectivity index (χ2n) is 6.23. The van der Waals surface area contributed by atoms with E-state index in [4.69, 9.17) is 21.1 Å². The van der Waals surface area contributed by atoms with Gasteiger partial charge in [0.2, 0.25) is 0 Å². The van der Waals surface area contributed by atoms with E-state index in [0.29, 0.717) is 41.2 Å². The summed E-state index contributed by atoms with van der Waals surface area (Å²) in [6.07, 6.45) is 0. The summed E-state index contributed by atoms with van der Waals surface area (Å²) in [6, 6.07) is 10.2. The molecule has 0 heterocycles. The van der Waals surface area contributed by atoms with Gasteiger partial charge >= 0.3 is 0 Å². The molecule has 0 aliphatic carbocycles. The van der Waals surface area contributed by atoms with Crippen molar-refractivity contribution in [3.05, 3.63) is 58.4 Å². The Morgan fingerprint density at radius 1 is 1.08 bits per heavy atom. The lowest BCUT2D eigenvalue weighted by atomic mass is 10.1. The maximum absolute atomic E-state index is 13.7. The van der Waals surface area contributed by atoms with Crippen molar-refractivity contribution in [2.24, 2.45) is 5.92 Å². The molecule has 0 atom stereocenters. The molecule has 0 aliphatic heterocycles. The monoisotopic (exact) mass is 365 g/mol. The molecular formula is C20H25ClFNO2. The maximum Gasteiger partial charge on any atom is 0.163 e. The van der Waals surface area contributed by atoms with E-state index in [1.165, 1.54) is 6.07 Å². The highest BCUT2D eigenvalue weighted by Crippen LogP contribution is 2.34. The Labute approximate surface area is 154 Å². The van der Waals surface area contributed by atoms with Gasteiger partial charge in [0.1, 0.15) is 12.4 Å². The third kappa shape index (κ3) is 5.91. The zero-order chi connectivity index (χ0) is 18.2. The summed E-state index contributed by atoms with van der Waals surface area (Å²) < 4.78 is 25.2. The molecule has 0 fully saturated rings. The van der Waals surface area contributed by atoms with Crippen LogP contribution in [-0.2, 0) is 13.2 Å². The third-order valence-corrected chi connectivity index (χ3v) is 3.97. The number of rotatable bonds is 9. The fourth-order valence-corrected chi connectivity index (χ4v) is 2.58. The molecule has 25 heavy (non-hydrogen) atoms. The fourth-order valence-electron chi connectivity index (χ4n) is 2.36. The third-order valence-electron chi connectivity index (χ3n) is 3.62. The van der Waals surface area contributed by atoms with Crippen LogP contribution in [0.15, 0.2) is 36.4 Å². The minimum atomic E-state index is -0.291. The van der Waals surface area contributed by atoms with Crippen LogP contribution in [0.3, 0.4) is 0 Å². The number of benzene rings is 2. The van der Waals surface area contributed by atoms with Crippen molar-refractivity contribution in [3.8, 4) is 11.5 Å². The zero-order valence-electron chi connectivity index (χ0n) is 14.9. The van der Waals surface area contributed by atoms with Gasteiger partial charge in [0.05, 0.1) is 6.61 Å². The molecule has 0 unspecified atom stereocenters. The molecule has 0 radical (unpaired) electrons. The van der Waals surface area contributed by atoms with Gasteiger partial charge in [-0.15, -0.1) is 0 Å². The molecule has 0 bridgehead atoms. The molecule has 136 valence electrons. The molecule has 5 heteroatoms. The predicted molar refractivity (Wildman–Crippen MR) is 99.9 cm³/mol. The molecule has 3 nitrogen and oxygen atoms in total. The zero-order valence-corrected chi connectivity index (χ0v) is 15.7. The fraction of sp³-hybridized carbons (Fsp3) is 0.400. The van der Waals surface area contributed by atoms with Crippen LogP contribution < -0.4 is 14.8 Å². The summed E-state index contributed by atoms with van der Waals surface area (Å²) >= 11 is 6.38. The number of ether oxygens (including phenoxy) is 2. The van der Waals surface area contributed by atoms with E-state index in [1.54, 1.807) is 24.3 Å². The second-order valence-corrected chi connectivity index (χ2v) is 6.64. The van der Waals surface area contributed by atoms with Gasteiger partial charge in [0.15, 0.2) is 11.5 Å². The van der Waals surface area contributed by atoms with Crippen LogP contribution in [0.4, 0.5) is 4.39 Å². The smallest absolute Gasteiger partial charge is 0.163 e. The first-order valence-corrected chi connectivity index (χ1v) is 8.91. The molecule has 0 aromatic heterocycles. The first-order valence-electron chi connectivity index (χ1n) is 8.53. The highest BCUT2D eigenvalue weighted by atomic mass is 35.5. The van der Waals surface area contributed by atoms with E-state index in [1.807, 2.05) is 13.0 Å². The van der Waals surface area contributed by atoms with Gasteiger partial charge in [-0.2, -0.15) is 0 Å². The molecule has 0 saturated heterocycles. The highest BCUT2D eigenvalue weighted by Gasteiger charge is 2.12. The van der Waals surface area contributed by atoms with E-state index >= 15 is 0 Å². The molecule has 0 aliphatic rings. The molecule has 2 rings (SSSR count). The van der Waals surface area contributed by atoms with E-state index in [0.717, 1.165) is 12.1 Å². The minimum Gasteiger partial charge on any atom is -0.490 e. The van der Waals surface area contributed by atoms with E-state index < -0.39 is 0 Å². The molecule has 0 saturated carbocycles. The van der Waals surface area contributed by atoms with Gasteiger partial charge in [-0.1, -0.05) is 43.6 Å². The van der Waals surface area contributed by atoms with Crippen molar-refractivity contribution in [1.82, 2.24) is 5.32 Å². The Kier molecular flexibility index (Phi) is 7.53. The average molecular weight is 366 g/mol. The molecule has 2 aromatic rings. The summed E-state index contributed by atoms with van der Waals surface area (Å²) in [5, 5.41) is 3.97. The van der Waals surface area contributed by atoms with Crippen molar-refractivity contribution in [2.45, 2.75) is 33.9 Å². The summed E-state index contributed by atoms with van der Waals surface area (Å²) in [5.41, 5.74) is 1.44. The van der Waals surface area contributed by atoms with Gasteiger partial charge in [-0.3, -0.25) is 0 Å². The van der Waals surface area contributed by atoms with Gasteiger partial charge < -0.3 is 14.8 Å². The SMILES string of the molecule is CCOc1cc(CNCC(C)C)c(Cl)cc1OCc1ccccc1F. The van der Waals surface area contributed by atoms with E-state index in [9.17, 15) is 4.39 Å². The van der Waals surface area contributed by atoms with Crippen molar-refractivity contribution in [2.75, 3.05) is 13.2 Å². The Morgan fingerprint density at radius 2 is 1.80 bits per heavy atom. The van der Waals surface area contributed by atoms with Crippen LogP contribution in [0.1, 0.15) is 31.9 Å². The normalized spacial score (nSPS) is 11.0. The van der Waals surface area contributed by atoms with Crippen LogP contribution in [0, 0.1) is 11.7 Å². The van der Waals surface area contributed by atoms with Gasteiger partial charge in [-0.05, 0) is 37.1 Å². The van der Waals surface area contributed by atoms with Crippen molar-refractivity contribution in [1.29, 1.82) is 0 Å². The quantitative estimate of drug-likeness (QED) is 0.662. The summed E-state index contributed by atoms with van der Waals surface area (Å²) in [6.45, 7) is 8.41. The van der Waals surface area contributed by atoms with E-state index in [-0.39, 0.29) is 12.4 Å². The largest absolute Gasteiger partial charge is 0.490 e. The predicted octanol–water partition coefficient (Wildman–Crippen LogP) is 5.20. The van der Waals surface area contributed by atoms with Crippen LogP contribution >= 0.6 is 11.6 Å². The first kappa shape index (κ1) is 19.5. The molecule has 0 spiro atoms. The average Bonchev–Trinajstić information content (AvgIpc) is 2.57. The van der Waals surface area contributed by atoms with Crippen LogP contribution in [0.25, 0.3) is 0 Å². The van der Waals surface area contributed by atoms with Crippen LogP contribution in [0.2, 0.25) is 5.02 Å². The second kappa shape index (κ2) is 9.64. The topological polar surface area (TPSA) is 30.5 Å². The standard InChI is InChI=1S/C20H25ClFNO2/c1-4-24-19-9-16(12-23-11-14(2)3)17(21)10-20(19)25-13-15-7-5-6-8-18(15)22/h5-10,14,23H,4,11-13H2,1-3H3. The van der Waals surface area contributed by atoms with Crippen LogP contribution in [0.5, 0.6) is 11.5 Å². The minimum absolute atomic E-state index is 0.119. The van der Waals surface area contributed by atoms with Crippen LogP contribution in [-0.4, -0.2) is 13.2 Å².